The average molecular weight is 275 g/mol. The molecule has 0 spiro atoms. The summed E-state index contributed by atoms with van der Waals surface area (Å²) >= 11 is 0. The molecular formula is C18H13NO2. The van der Waals surface area contributed by atoms with Crippen molar-refractivity contribution >= 4 is 6.09 Å². The van der Waals surface area contributed by atoms with Gasteiger partial charge in [0.2, 0.25) is 0 Å². The predicted octanol–water partition coefficient (Wildman–Crippen LogP) is 3.11. The lowest BCUT2D eigenvalue weighted by Gasteiger charge is -2.11. The van der Waals surface area contributed by atoms with Crippen LogP contribution in [-0.2, 0) is 11.2 Å². The van der Waals surface area contributed by atoms with Gasteiger partial charge in [-0.25, -0.2) is 9.69 Å². The highest BCUT2D eigenvalue weighted by molar-refractivity contribution is 5.74. The van der Waals surface area contributed by atoms with Crippen LogP contribution in [0.2, 0.25) is 0 Å². The molecule has 1 aliphatic carbocycles. The molecule has 3 nitrogen and oxygen atoms in total. The van der Waals surface area contributed by atoms with Crippen LogP contribution in [0.4, 0.5) is 4.79 Å². The molecule has 0 radical (unpaired) electrons. The zero-order valence-electron chi connectivity index (χ0n) is 11.3. The summed E-state index contributed by atoms with van der Waals surface area (Å²) < 4.78 is 5.50. The molecule has 2 atom stereocenters. The molecule has 1 fully saturated rings. The van der Waals surface area contributed by atoms with E-state index < -0.39 is 0 Å². The van der Waals surface area contributed by atoms with Crippen molar-refractivity contribution in [2.24, 2.45) is 0 Å². The molecule has 0 N–H and O–H groups in total. The summed E-state index contributed by atoms with van der Waals surface area (Å²) in [5, 5.41) is 0. The van der Waals surface area contributed by atoms with E-state index in [-0.39, 0.29) is 18.2 Å². The van der Waals surface area contributed by atoms with Gasteiger partial charge in [0.1, 0.15) is 0 Å². The van der Waals surface area contributed by atoms with E-state index in [0.29, 0.717) is 0 Å². The number of nitrogens with zero attached hydrogens (tertiary/aromatic N) is 1. The Kier molecular flexibility index (Phi) is 2.68. The molecule has 0 unspecified atom stereocenters. The van der Waals surface area contributed by atoms with Crippen molar-refractivity contribution in [3.8, 4) is 12.0 Å². The number of carbonyl (C=O) groups is 1. The number of fused-ring (bicyclic) bond motifs is 3. The van der Waals surface area contributed by atoms with Crippen LogP contribution in [0.25, 0.3) is 0 Å². The molecule has 1 heterocycles. The van der Waals surface area contributed by atoms with Gasteiger partial charge in [-0.2, -0.15) is 0 Å². The number of benzene rings is 2. The van der Waals surface area contributed by atoms with E-state index in [0.717, 1.165) is 17.5 Å². The molecular weight excluding hydrogens is 262 g/mol. The number of amides is 1. The molecule has 2 aliphatic rings. The van der Waals surface area contributed by atoms with Crippen molar-refractivity contribution in [3.63, 3.8) is 0 Å². The Morgan fingerprint density at radius 2 is 1.81 bits per heavy atom. The highest BCUT2D eigenvalue weighted by atomic mass is 16.6. The maximum atomic E-state index is 12.0. The molecule has 2 aromatic rings. The Balaban J connectivity index is 1.64. The lowest BCUT2D eigenvalue weighted by molar-refractivity contribution is 0.134. The number of carbonyl (C=O) groups excluding carboxylic acids is 1. The molecule has 0 aromatic heterocycles. The van der Waals surface area contributed by atoms with Gasteiger partial charge >= 0.3 is 6.09 Å². The number of hydrogen-bond donors (Lipinski definition) is 0. The van der Waals surface area contributed by atoms with E-state index in [1.54, 1.807) is 0 Å². The minimum absolute atomic E-state index is 0.00823. The molecule has 3 heteroatoms. The van der Waals surface area contributed by atoms with E-state index in [9.17, 15) is 4.79 Å². The first-order valence-electron chi connectivity index (χ1n) is 6.97. The smallest absolute Gasteiger partial charge is 0.422 e. The van der Waals surface area contributed by atoms with Crippen LogP contribution in [0.3, 0.4) is 0 Å². The normalized spacial score (nSPS) is 22.1. The van der Waals surface area contributed by atoms with Crippen LogP contribution in [0.5, 0.6) is 0 Å². The van der Waals surface area contributed by atoms with E-state index in [4.69, 9.17) is 4.74 Å². The summed E-state index contributed by atoms with van der Waals surface area (Å²) in [5.74, 6) is 3.03. The first kappa shape index (κ1) is 12.0. The Labute approximate surface area is 123 Å². The standard InChI is InChI=1S/C18H13NO2/c20-18-19(11-10-13-6-2-1-3-7-13)16-12-14-8-4-5-9-15(14)17(16)21-18/h1-9,16-17H,12H2/t16-,17+/m0/s1. The fourth-order valence-corrected chi connectivity index (χ4v) is 2.98. The second-order valence-electron chi connectivity index (χ2n) is 5.25. The van der Waals surface area contributed by atoms with Gasteiger partial charge in [-0.05, 0) is 35.6 Å². The van der Waals surface area contributed by atoms with Crippen molar-refractivity contribution in [2.45, 2.75) is 18.6 Å². The Morgan fingerprint density at radius 1 is 1.05 bits per heavy atom. The maximum absolute atomic E-state index is 12.0. The summed E-state index contributed by atoms with van der Waals surface area (Å²) in [6.45, 7) is 0. The predicted molar refractivity (Wildman–Crippen MR) is 78.3 cm³/mol. The Morgan fingerprint density at radius 3 is 2.67 bits per heavy atom. The Hall–Kier alpha value is -2.73. The van der Waals surface area contributed by atoms with Crippen LogP contribution in [-0.4, -0.2) is 17.0 Å². The topological polar surface area (TPSA) is 29.5 Å². The molecule has 0 bridgehead atoms. The second kappa shape index (κ2) is 4.68. The third-order valence-corrected chi connectivity index (χ3v) is 3.99. The van der Waals surface area contributed by atoms with Gasteiger partial charge in [-0.3, -0.25) is 0 Å². The first-order valence-corrected chi connectivity index (χ1v) is 6.97. The number of ether oxygens (including phenoxy) is 1. The van der Waals surface area contributed by atoms with Gasteiger partial charge in [0, 0.05) is 11.6 Å². The molecule has 102 valence electrons. The number of rotatable bonds is 0. The molecule has 4 rings (SSSR count). The molecule has 2 aromatic carbocycles. The summed E-state index contributed by atoms with van der Waals surface area (Å²) in [6, 6.07) is 20.7. The lowest BCUT2D eigenvalue weighted by Crippen LogP contribution is -2.29. The van der Waals surface area contributed by atoms with Crippen molar-refractivity contribution in [1.82, 2.24) is 4.90 Å². The molecule has 1 aliphatic heterocycles. The minimum atomic E-state index is -0.345. The van der Waals surface area contributed by atoms with E-state index >= 15 is 0 Å². The third-order valence-electron chi connectivity index (χ3n) is 3.99. The van der Waals surface area contributed by atoms with Gasteiger partial charge < -0.3 is 4.74 Å². The summed E-state index contributed by atoms with van der Waals surface area (Å²) in [4.78, 5) is 13.6. The molecule has 1 amide bonds. The molecule has 1 saturated heterocycles. The quantitative estimate of drug-likeness (QED) is 0.691. The van der Waals surface area contributed by atoms with Gasteiger partial charge in [0.05, 0.1) is 6.04 Å². The van der Waals surface area contributed by atoms with Crippen LogP contribution in [0.1, 0.15) is 22.8 Å². The van der Waals surface area contributed by atoms with Gasteiger partial charge in [0.25, 0.3) is 0 Å². The fourth-order valence-electron chi connectivity index (χ4n) is 2.98. The van der Waals surface area contributed by atoms with E-state index in [1.807, 2.05) is 48.5 Å². The second-order valence-corrected chi connectivity index (χ2v) is 5.25. The van der Waals surface area contributed by atoms with Crippen molar-refractivity contribution in [3.05, 3.63) is 71.3 Å². The highest BCUT2D eigenvalue weighted by Gasteiger charge is 2.47. The first-order chi connectivity index (χ1) is 10.3. The van der Waals surface area contributed by atoms with Crippen LogP contribution in [0.15, 0.2) is 54.6 Å². The third kappa shape index (κ3) is 1.96. The van der Waals surface area contributed by atoms with Crippen molar-refractivity contribution < 1.29 is 9.53 Å². The Bertz CT molecular complexity index is 758. The van der Waals surface area contributed by atoms with Gasteiger partial charge in [-0.1, -0.05) is 42.5 Å². The largest absolute Gasteiger partial charge is 0.438 e. The maximum Gasteiger partial charge on any atom is 0.422 e. The number of hydrogen-bond acceptors (Lipinski definition) is 2. The zero-order chi connectivity index (χ0) is 14.2. The van der Waals surface area contributed by atoms with E-state index in [1.165, 1.54) is 10.5 Å². The zero-order valence-corrected chi connectivity index (χ0v) is 11.3. The summed E-state index contributed by atoms with van der Waals surface area (Å²) in [7, 11) is 0. The van der Waals surface area contributed by atoms with Gasteiger partial charge in [0.15, 0.2) is 6.10 Å². The van der Waals surface area contributed by atoms with Crippen LogP contribution >= 0.6 is 0 Å². The molecule has 0 saturated carbocycles. The van der Waals surface area contributed by atoms with Gasteiger partial charge in [-0.15, -0.1) is 0 Å². The summed E-state index contributed by atoms with van der Waals surface area (Å²) in [5.41, 5.74) is 3.25. The van der Waals surface area contributed by atoms with Crippen molar-refractivity contribution in [1.29, 1.82) is 0 Å². The summed E-state index contributed by atoms with van der Waals surface area (Å²) in [6.07, 6.45) is 0.275. The SMILES string of the molecule is O=C1O[C@@H]2c3ccccc3C[C@@H]2N1C#Cc1ccccc1. The fraction of sp³-hybridized carbons (Fsp3) is 0.167. The minimum Gasteiger partial charge on any atom is -0.438 e. The van der Waals surface area contributed by atoms with Crippen molar-refractivity contribution in [2.75, 3.05) is 0 Å². The molecule has 21 heavy (non-hydrogen) atoms. The van der Waals surface area contributed by atoms with E-state index in [2.05, 4.69) is 18.0 Å². The van der Waals surface area contributed by atoms with Crippen LogP contribution in [0, 0.1) is 12.0 Å². The van der Waals surface area contributed by atoms with Crippen LogP contribution < -0.4 is 0 Å². The lowest BCUT2D eigenvalue weighted by atomic mass is 10.1. The average Bonchev–Trinajstić information content (AvgIpc) is 3.01. The monoisotopic (exact) mass is 275 g/mol. The highest BCUT2D eigenvalue weighted by Crippen LogP contribution is 2.41.